The van der Waals surface area contributed by atoms with E-state index in [2.05, 4.69) is 5.32 Å². The lowest BCUT2D eigenvalue weighted by Gasteiger charge is -2.04. The van der Waals surface area contributed by atoms with Crippen LogP contribution >= 0.6 is 0 Å². The van der Waals surface area contributed by atoms with E-state index in [9.17, 15) is 4.79 Å². The van der Waals surface area contributed by atoms with Crippen LogP contribution in [-0.2, 0) is 4.79 Å². The molecule has 0 aliphatic rings. The molecular formula is C6H13N2O. The quantitative estimate of drug-likeness (QED) is 0.522. The van der Waals surface area contributed by atoms with E-state index in [0.29, 0.717) is 6.54 Å². The first-order chi connectivity index (χ1) is 4.35. The smallest absolute Gasteiger partial charge is 0.216 e. The van der Waals surface area contributed by atoms with Gasteiger partial charge in [-0.15, -0.1) is 0 Å². The van der Waals surface area contributed by atoms with E-state index in [1.165, 1.54) is 0 Å². The van der Waals surface area contributed by atoms with Gasteiger partial charge in [-0.1, -0.05) is 0 Å². The molecule has 0 fully saturated rings. The van der Waals surface area contributed by atoms with Crippen molar-refractivity contribution in [2.24, 2.45) is 5.73 Å². The summed E-state index contributed by atoms with van der Waals surface area (Å²) in [6.45, 7) is 0.639. The van der Waals surface area contributed by atoms with Crippen molar-refractivity contribution in [1.29, 1.82) is 0 Å². The first-order valence-electron chi connectivity index (χ1n) is 3.10. The second-order valence-corrected chi connectivity index (χ2v) is 1.89. The van der Waals surface area contributed by atoms with Crippen molar-refractivity contribution in [3.63, 3.8) is 0 Å². The molecule has 0 aromatic rings. The third-order valence-corrected chi connectivity index (χ3v) is 1.19. The molecule has 0 heterocycles. The molecule has 3 heteroatoms. The molecule has 3 nitrogen and oxygen atoms in total. The van der Waals surface area contributed by atoms with Crippen molar-refractivity contribution in [2.45, 2.75) is 18.9 Å². The van der Waals surface area contributed by atoms with Gasteiger partial charge in [-0.05, 0) is 26.4 Å². The summed E-state index contributed by atoms with van der Waals surface area (Å²) in [5, 5.41) is 2.81. The number of rotatable bonds is 5. The molecule has 0 bridgehead atoms. The van der Waals surface area contributed by atoms with Gasteiger partial charge in [-0.25, -0.2) is 0 Å². The van der Waals surface area contributed by atoms with E-state index in [4.69, 9.17) is 5.73 Å². The van der Waals surface area contributed by atoms with E-state index in [0.717, 1.165) is 12.8 Å². The molecule has 3 N–H and O–H groups in total. The maximum atomic E-state index is 10.0. The molecule has 0 unspecified atom stereocenters. The van der Waals surface area contributed by atoms with Crippen LogP contribution in [0.1, 0.15) is 12.8 Å². The van der Waals surface area contributed by atoms with Crippen molar-refractivity contribution >= 4 is 6.29 Å². The van der Waals surface area contributed by atoms with Gasteiger partial charge in [0.2, 0.25) is 6.29 Å². The Kier molecular flexibility index (Phi) is 5.46. The number of carbonyl (C=O) groups excluding carboxylic acids is 1. The molecule has 53 valence electrons. The molecule has 0 saturated heterocycles. The molecule has 9 heavy (non-hydrogen) atoms. The third kappa shape index (κ3) is 4.12. The zero-order valence-corrected chi connectivity index (χ0v) is 5.68. The molecule has 1 radical (unpaired) electrons. The molecule has 0 aliphatic carbocycles. The lowest BCUT2D eigenvalue weighted by Crippen LogP contribution is -2.27. The van der Waals surface area contributed by atoms with E-state index in [1.807, 2.05) is 6.29 Å². The fourth-order valence-electron chi connectivity index (χ4n) is 0.584. The summed E-state index contributed by atoms with van der Waals surface area (Å²) in [6.07, 6.45) is 3.53. The summed E-state index contributed by atoms with van der Waals surface area (Å²) < 4.78 is 0. The summed E-state index contributed by atoms with van der Waals surface area (Å²) in [5.74, 6) is 0. The van der Waals surface area contributed by atoms with Gasteiger partial charge in [0, 0.05) is 0 Å². The Morgan fingerprint density at radius 3 is 2.78 bits per heavy atom. The molecule has 1 atom stereocenters. The standard InChI is InChI=1S/C6H13N2O/c1-8-6(5-9)3-2-4-7/h6,8H,2-4,7H2,1H3/t6-/m0/s1. The van der Waals surface area contributed by atoms with Gasteiger partial charge in [0.15, 0.2) is 0 Å². The van der Waals surface area contributed by atoms with Gasteiger partial charge in [-0.3, -0.25) is 4.79 Å². The van der Waals surface area contributed by atoms with Crippen LogP contribution in [0.3, 0.4) is 0 Å². The van der Waals surface area contributed by atoms with Crippen LogP contribution in [0.2, 0.25) is 0 Å². The monoisotopic (exact) mass is 129 g/mol. The highest BCUT2D eigenvalue weighted by Gasteiger charge is 2.01. The van der Waals surface area contributed by atoms with Gasteiger partial charge >= 0.3 is 0 Å². The lowest BCUT2D eigenvalue weighted by atomic mass is 10.2. The Balaban J connectivity index is 3.20. The van der Waals surface area contributed by atoms with Crippen molar-refractivity contribution in [1.82, 2.24) is 5.32 Å². The zero-order valence-electron chi connectivity index (χ0n) is 5.68. The molecule has 0 rings (SSSR count). The molecule has 0 aromatic heterocycles. The summed E-state index contributed by atoms with van der Waals surface area (Å²) in [4.78, 5) is 10.0. The number of hydrogen-bond donors (Lipinski definition) is 2. The van der Waals surface area contributed by atoms with Crippen molar-refractivity contribution in [3.8, 4) is 0 Å². The second kappa shape index (κ2) is 5.72. The molecule has 0 amide bonds. The predicted molar refractivity (Wildman–Crippen MR) is 36.8 cm³/mol. The topological polar surface area (TPSA) is 55.1 Å². The van der Waals surface area contributed by atoms with Gasteiger partial charge in [0.05, 0.1) is 6.04 Å². The number of nitrogens with one attached hydrogen (secondary N) is 1. The van der Waals surface area contributed by atoms with E-state index < -0.39 is 0 Å². The van der Waals surface area contributed by atoms with Gasteiger partial charge in [0.1, 0.15) is 0 Å². The van der Waals surface area contributed by atoms with Crippen LogP contribution in [0.25, 0.3) is 0 Å². The summed E-state index contributed by atoms with van der Waals surface area (Å²) in [6, 6.07) is -0.131. The summed E-state index contributed by atoms with van der Waals surface area (Å²) >= 11 is 0. The average molecular weight is 129 g/mol. The second-order valence-electron chi connectivity index (χ2n) is 1.89. The van der Waals surface area contributed by atoms with E-state index in [-0.39, 0.29) is 6.04 Å². The van der Waals surface area contributed by atoms with Crippen LogP contribution < -0.4 is 11.1 Å². The first-order valence-corrected chi connectivity index (χ1v) is 3.10. The van der Waals surface area contributed by atoms with E-state index in [1.54, 1.807) is 7.05 Å². The number of likely N-dealkylation sites (N-methyl/N-ethyl adjacent to an activating group) is 1. The van der Waals surface area contributed by atoms with Gasteiger partial charge < -0.3 is 11.1 Å². The van der Waals surface area contributed by atoms with Gasteiger partial charge in [0.25, 0.3) is 0 Å². The zero-order chi connectivity index (χ0) is 7.11. The maximum Gasteiger partial charge on any atom is 0.216 e. The minimum Gasteiger partial charge on any atom is -0.330 e. The Hall–Kier alpha value is -0.410. The Bertz CT molecular complexity index is 75.5. The minimum absolute atomic E-state index is 0.131. The van der Waals surface area contributed by atoms with Crippen molar-refractivity contribution in [2.75, 3.05) is 13.6 Å². The van der Waals surface area contributed by atoms with Gasteiger partial charge in [-0.2, -0.15) is 0 Å². The third-order valence-electron chi connectivity index (χ3n) is 1.19. The van der Waals surface area contributed by atoms with Crippen LogP contribution in [0.5, 0.6) is 0 Å². The van der Waals surface area contributed by atoms with Crippen LogP contribution in [0.4, 0.5) is 0 Å². The van der Waals surface area contributed by atoms with Crippen LogP contribution in [0, 0.1) is 0 Å². The molecule has 0 saturated carbocycles. The SMILES string of the molecule is CN[C@H]([C]=O)CCCN. The lowest BCUT2D eigenvalue weighted by molar-refractivity contribution is 0.512. The largest absolute Gasteiger partial charge is 0.330 e. The Morgan fingerprint density at radius 1 is 1.78 bits per heavy atom. The Morgan fingerprint density at radius 2 is 2.44 bits per heavy atom. The highest BCUT2D eigenvalue weighted by molar-refractivity contribution is 5.58. The number of nitrogens with two attached hydrogens (primary N) is 1. The molecular weight excluding hydrogens is 116 g/mol. The highest BCUT2D eigenvalue weighted by atomic mass is 16.1. The van der Waals surface area contributed by atoms with Crippen molar-refractivity contribution < 1.29 is 4.79 Å². The molecule has 0 aromatic carbocycles. The fourth-order valence-corrected chi connectivity index (χ4v) is 0.584. The normalized spacial score (nSPS) is 13.1. The fraction of sp³-hybridized carbons (Fsp3) is 0.833. The molecule has 0 spiro atoms. The minimum atomic E-state index is -0.131. The summed E-state index contributed by atoms with van der Waals surface area (Å²) in [5.41, 5.74) is 5.23. The highest BCUT2D eigenvalue weighted by Crippen LogP contribution is 1.90. The number of hydrogen-bond acceptors (Lipinski definition) is 3. The summed E-state index contributed by atoms with van der Waals surface area (Å²) in [7, 11) is 1.74. The maximum absolute atomic E-state index is 10.0. The Labute approximate surface area is 55.6 Å². The van der Waals surface area contributed by atoms with Crippen LogP contribution in [0.15, 0.2) is 0 Å². The van der Waals surface area contributed by atoms with Crippen LogP contribution in [-0.4, -0.2) is 25.9 Å². The molecule has 0 aliphatic heterocycles. The average Bonchev–Trinajstić information content (AvgIpc) is 1.91. The van der Waals surface area contributed by atoms with Crippen molar-refractivity contribution in [3.05, 3.63) is 0 Å². The first kappa shape index (κ1) is 8.59. The predicted octanol–water partition coefficient (Wildman–Crippen LogP) is -0.577. The van der Waals surface area contributed by atoms with E-state index >= 15 is 0 Å².